The van der Waals surface area contributed by atoms with Gasteiger partial charge in [0.25, 0.3) is 0 Å². The van der Waals surface area contributed by atoms with E-state index < -0.39 is 0 Å². The maximum atomic E-state index is 10.1. The van der Waals surface area contributed by atoms with Gasteiger partial charge in [0.15, 0.2) is 5.82 Å². The third-order valence-corrected chi connectivity index (χ3v) is 3.84. The van der Waals surface area contributed by atoms with Gasteiger partial charge in [-0.05, 0) is 31.9 Å². The summed E-state index contributed by atoms with van der Waals surface area (Å²) in [5.74, 6) is 1.43. The minimum Gasteiger partial charge on any atom is -0.391 e. The highest BCUT2D eigenvalue weighted by molar-refractivity contribution is 5.56. The molecular formula is C16H20N4O. The molecule has 2 N–H and O–H groups in total. The third kappa shape index (κ3) is 3.36. The van der Waals surface area contributed by atoms with Crippen molar-refractivity contribution < 1.29 is 5.11 Å². The first-order valence-corrected chi connectivity index (χ1v) is 7.43. The lowest BCUT2D eigenvalue weighted by Gasteiger charge is -2.28. The fraction of sp³-hybridized carbons (Fsp3) is 0.438. The summed E-state index contributed by atoms with van der Waals surface area (Å²) in [6, 6.07) is 5.82. The van der Waals surface area contributed by atoms with Crippen LogP contribution in [0.3, 0.4) is 0 Å². The molecule has 2 aromatic heterocycles. The van der Waals surface area contributed by atoms with E-state index in [1.807, 2.05) is 25.1 Å². The lowest BCUT2D eigenvalue weighted by Crippen LogP contribution is -2.36. The number of nitrogens with one attached hydrogen (secondary N) is 1. The summed E-state index contributed by atoms with van der Waals surface area (Å²) < 4.78 is 0. The second-order valence-electron chi connectivity index (χ2n) is 5.56. The lowest BCUT2D eigenvalue weighted by molar-refractivity contribution is 0.116. The van der Waals surface area contributed by atoms with Gasteiger partial charge in [0, 0.05) is 29.7 Å². The van der Waals surface area contributed by atoms with Crippen LogP contribution in [0.4, 0.5) is 5.82 Å². The van der Waals surface area contributed by atoms with Crippen molar-refractivity contribution in [3.8, 4) is 11.4 Å². The van der Waals surface area contributed by atoms with Gasteiger partial charge >= 0.3 is 0 Å². The number of aryl methyl sites for hydroxylation is 1. The molecule has 2 atom stereocenters. The molecule has 1 fully saturated rings. The number of nitrogens with zero attached hydrogens (tertiary/aromatic N) is 3. The molecule has 0 aromatic carbocycles. The van der Waals surface area contributed by atoms with Crippen LogP contribution in [0, 0.1) is 6.92 Å². The number of hydrogen-bond donors (Lipinski definition) is 2. The van der Waals surface area contributed by atoms with Gasteiger partial charge in [-0.3, -0.25) is 4.98 Å². The first kappa shape index (κ1) is 13.9. The molecule has 2 heterocycles. The molecule has 0 spiro atoms. The van der Waals surface area contributed by atoms with E-state index in [4.69, 9.17) is 0 Å². The van der Waals surface area contributed by atoms with Crippen molar-refractivity contribution in [1.82, 2.24) is 15.0 Å². The van der Waals surface area contributed by atoms with Gasteiger partial charge in [0.2, 0.25) is 0 Å². The predicted molar refractivity (Wildman–Crippen MR) is 81.9 cm³/mol. The Hall–Kier alpha value is -2.01. The molecule has 0 bridgehead atoms. The highest BCUT2D eigenvalue weighted by Crippen LogP contribution is 2.23. The quantitative estimate of drug-likeness (QED) is 0.906. The van der Waals surface area contributed by atoms with E-state index in [1.54, 1.807) is 12.4 Å². The molecule has 2 aromatic rings. The summed E-state index contributed by atoms with van der Waals surface area (Å²) in [4.78, 5) is 13.1. The summed E-state index contributed by atoms with van der Waals surface area (Å²) in [6.45, 7) is 1.95. The van der Waals surface area contributed by atoms with E-state index in [0.717, 1.165) is 42.8 Å². The van der Waals surface area contributed by atoms with Gasteiger partial charge in [0.1, 0.15) is 5.82 Å². The molecule has 1 aliphatic carbocycles. The number of hydrogen-bond acceptors (Lipinski definition) is 5. The molecule has 3 rings (SSSR count). The van der Waals surface area contributed by atoms with Gasteiger partial charge in [-0.1, -0.05) is 12.8 Å². The maximum Gasteiger partial charge on any atom is 0.163 e. The molecule has 0 saturated heterocycles. The van der Waals surface area contributed by atoms with Gasteiger partial charge in [0.05, 0.1) is 12.1 Å². The third-order valence-electron chi connectivity index (χ3n) is 3.84. The molecule has 21 heavy (non-hydrogen) atoms. The van der Waals surface area contributed by atoms with Crippen molar-refractivity contribution in [1.29, 1.82) is 0 Å². The van der Waals surface area contributed by atoms with E-state index in [2.05, 4.69) is 20.3 Å². The van der Waals surface area contributed by atoms with E-state index in [0.29, 0.717) is 5.82 Å². The smallest absolute Gasteiger partial charge is 0.163 e. The fourth-order valence-electron chi connectivity index (χ4n) is 2.74. The Morgan fingerprint density at radius 1 is 1.24 bits per heavy atom. The van der Waals surface area contributed by atoms with Crippen LogP contribution in [0.2, 0.25) is 0 Å². The van der Waals surface area contributed by atoms with Crippen LogP contribution in [0.25, 0.3) is 11.4 Å². The Morgan fingerprint density at radius 2 is 2.10 bits per heavy atom. The fourth-order valence-corrected chi connectivity index (χ4v) is 2.74. The van der Waals surface area contributed by atoms with Crippen LogP contribution in [0.15, 0.2) is 30.6 Å². The average molecular weight is 284 g/mol. The summed E-state index contributed by atoms with van der Waals surface area (Å²) in [5, 5.41) is 13.4. The van der Waals surface area contributed by atoms with Gasteiger partial charge < -0.3 is 10.4 Å². The minimum atomic E-state index is -0.295. The van der Waals surface area contributed by atoms with Crippen molar-refractivity contribution in [2.45, 2.75) is 44.8 Å². The summed E-state index contributed by atoms with van der Waals surface area (Å²) in [5.41, 5.74) is 1.80. The van der Waals surface area contributed by atoms with Crippen LogP contribution >= 0.6 is 0 Å². The Bertz CT molecular complexity index is 602. The zero-order valence-corrected chi connectivity index (χ0v) is 12.2. The van der Waals surface area contributed by atoms with Crippen LogP contribution in [0.1, 0.15) is 31.4 Å². The van der Waals surface area contributed by atoms with E-state index in [9.17, 15) is 5.11 Å². The summed E-state index contributed by atoms with van der Waals surface area (Å²) in [6.07, 6.45) is 7.28. The van der Waals surface area contributed by atoms with E-state index in [-0.39, 0.29) is 12.1 Å². The Balaban J connectivity index is 1.84. The molecule has 0 aliphatic heterocycles. The Morgan fingerprint density at radius 3 is 2.86 bits per heavy atom. The Kier molecular flexibility index (Phi) is 4.10. The normalized spacial score (nSPS) is 22.0. The SMILES string of the molecule is Cc1cc(N[C@H]2CCCC[C@@H]2O)nc(-c2cccnc2)n1. The average Bonchev–Trinajstić information content (AvgIpc) is 2.50. The first-order chi connectivity index (χ1) is 10.2. The van der Waals surface area contributed by atoms with Crippen molar-refractivity contribution in [2.75, 3.05) is 5.32 Å². The van der Waals surface area contributed by atoms with Crippen LogP contribution in [-0.4, -0.2) is 32.2 Å². The monoisotopic (exact) mass is 284 g/mol. The number of anilines is 1. The molecular weight excluding hydrogens is 264 g/mol. The first-order valence-electron chi connectivity index (χ1n) is 7.43. The van der Waals surface area contributed by atoms with Crippen molar-refractivity contribution in [2.24, 2.45) is 0 Å². The van der Waals surface area contributed by atoms with Gasteiger partial charge in [-0.15, -0.1) is 0 Å². The Labute approximate surface area is 124 Å². The van der Waals surface area contributed by atoms with Crippen molar-refractivity contribution in [3.63, 3.8) is 0 Å². The lowest BCUT2D eigenvalue weighted by atomic mass is 9.92. The van der Waals surface area contributed by atoms with Gasteiger partial charge in [-0.25, -0.2) is 9.97 Å². The molecule has 5 heteroatoms. The largest absolute Gasteiger partial charge is 0.391 e. The highest BCUT2D eigenvalue weighted by Gasteiger charge is 2.23. The number of aliphatic hydroxyl groups excluding tert-OH is 1. The molecule has 1 aliphatic rings. The zero-order chi connectivity index (χ0) is 14.7. The molecule has 110 valence electrons. The summed E-state index contributed by atoms with van der Waals surface area (Å²) >= 11 is 0. The van der Waals surface area contributed by atoms with Crippen LogP contribution in [-0.2, 0) is 0 Å². The predicted octanol–water partition coefficient (Wildman–Crippen LogP) is 2.56. The maximum absolute atomic E-state index is 10.1. The molecule has 0 unspecified atom stereocenters. The molecule has 0 amide bonds. The molecule has 1 saturated carbocycles. The van der Waals surface area contributed by atoms with Crippen molar-refractivity contribution in [3.05, 3.63) is 36.3 Å². The minimum absolute atomic E-state index is 0.0785. The second kappa shape index (κ2) is 6.18. The van der Waals surface area contributed by atoms with E-state index >= 15 is 0 Å². The molecule has 0 radical (unpaired) electrons. The number of rotatable bonds is 3. The molecule has 5 nitrogen and oxygen atoms in total. The number of pyridine rings is 1. The number of aliphatic hydroxyl groups is 1. The zero-order valence-electron chi connectivity index (χ0n) is 12.2. The standard InChI is InChI=1S/C16H20N4O/c1-11-9-15(19-13-6-2-3-7-14(13)21)20-16(18-11)12-5-4-8-17-10-12/h4-5,8-10,13-14,21H,2-3,6-7H2,1H3,(H,18,19,20)/t13-,14-/m0/s1. The van der Waals surface area contributed by atoms with E-state index in [1.165, 1.54) is 0 Å². The van der Waals surface area contributed by atoms with Crippen molar-refractivity contribution >= 4 is 5.82 Å². The highest BCUT2D eigenvalue weighted by atomic mass is 16.3. The topological polar surface area (TPSA) is 70.9 Å². The summed E-state index contributed by atoms with van der Waals surface area (Å²) in [7, 11) is 0. The number of aromatic nitrogens is 3. The second-order valence-corrected chi connectivity index (χ2v) is 5.56. The van der Waals surface area contributed by atoms with Gasteiger partial charge in [-0.2, -0.15) is 0 Å². The van der Waals surface area contributed by atoms with Crippen LogP contribution < -0.4 is 5.32 Å². The van der Waals surface area contributed by atoms with Crippen LogP contribution in [0.5, 0.6) is 0 Å².